The molecule has 3 N–H and O–H groups in total. The molecule has 0 unspecified atom stereocenters. The van der Waals surface area contributed by atoms with Crippen molar-refractivity contribution in [2.75, 3.05) is 18.8 Å². The third-order valence-corrected chi connectivity index (χ3v) is 4.99. The van der Waals surface area contributed by atoms with E-state index in [2.05, 4.69) is 31.1 Å². The number of sulfone groups is 1. The number of guanidine groups is 1. The van der Waals surface area contributed by atoms with Crippen molar-refractivity contribution in [1.29, 1.82) is 0 Å². The third-order valence-electron chi connectivity index (χ3n) is 3.26. The maximum atomic E-state index is 12.3. The maximum Gasteiger partial charge on any atom is 0.188 e. The van der Waals surface area contributed by atoms with Gasteiger partial charge in [-0.15, -0.1) is 24.0 Å². The molecule has 0 heterocycles. The Morgan fingerprint density at radius 1 is 1.22 bits per heavy atom. The molecule has 1 aromatic carbocycles. The topological polar surface area (TPSA) is 84.5 Å². The Hall–Kier alpha value is -0.830. The van der Waals surface area contributed by atoms with E-state index in [1.54, 1.807) is 12.1 Å². The highest BCUT2D eigenvalue weighted by molar-refractivity contribution is 14.0. The van der Waals surface area contributed by atoms with E-state index in [4.69, 9.17) is 5.73 Å². The van der Waals surface area contributed by atoms with Gasteiger partial charge < -0.3 is 11.1 Å². The lowest BCUT2D eigenvalue weighted by Crippen LogP contribution is -2.35. The van der Waals surface area contributed by atoms with Gasteiger partial charge in [0.2, 0.25) is 0 Å². The minimum absolute atomic E-state index is 0. The Bertz CT molecular complexity index is 605. The van der Waals surface area contributed by atoms with Gasteiger partial charge in [-0.25, -0.2) is 8.42 Å². The number of hydrogen-bond acceptors (Lipinski definition) is 3. The molecule has 0 aliphatic rings. The molecule has 23 heavy (non-hydrogen) atoms. The van der Waals surface area contributed by atoms with Crippen LogP contribution in [0, 0.1) is 0 Å². The van der Waals surface area contributed by atoms with Crippen LogP contribution in [0.15, 0.2) is 34.2 Å². The van der Waals surface area contributed by atoms with Crippen molar-refractivity contribution < 1.29 is 8.42 Å². The van der Waals surface area contributed by atoms with E-state index in [0.29, 0.717) is 17.4 Å². The quantitative estimate of drug-likeness (QED) is 0.394. The van der Waals surface area contributed by atoms with E-state index >= 15 is 0 Å². The van der Waals surface area contributed by atoms with Gasteiger partial charge in [-0.1, -0.05) is 39.8 Å². The van der Waals surface area contributed by atoms with Crippen molar-refractivity contribution in [3.63, 3.8) is 0 Å². The van der Waals surface area contributed by atoms with Gasteiger partial charge in [-0.3, -0.25) is 4.99 Å². The molecule has 1 rings (SSSR count). The van der Waals surface area contributed by atoms with Gasteiger partial charge in [-0.2, -0.15) is 0 Å². The number of nitrogens with one attached hydrogen (secondary N) is 1. The van der Waals surface area contributed by atoms with Crippen molar-refractivity contribution in [3.05, 3.63) is 29.8 Å². The van der Waals surface area contributed by atoms with Crippen LogP contribution >= 0.6 is 24.0 Å². The Morgan fingerprint density at radius 3 is 2.26 bits per heavy atom. The van der Waals surface area contributed by atoms with E-state index in [9.17, 15) is 8.42 Å². The zero-order valence-electron chi connectivity index (χ0n) is 14.3. The fraction of sp³-hybridized carbons (Fsp3) is 0.562. The van der Waals surface area contributed by atoms with Gasteiger partial charge in [0.25, 0.3) is 0 Å². The Labute approximate surface area is 157 Å². The molecule has 0 radical (unpaired) electrons. The fourth-order valence-electron chi connectivity index (χ4n) is 1.88. The summed E-state index contributed by atoms with van der Waals surface area (Å²) >= 11 is 0. The van der Waals surface area contributed by atoms with E-state index in [-0.39, 0.29) is 41.7 Å². The van der Waals surface area contributed by atoms with E-state index in [1.807, 2.05) is 19.1 Å². The monoisotopic (exact) mass is 453 g/mol. The van der Waals surface area contributed by atoms with E-state index in [0.717, 1.165) is 12.0 Å². The van der Waals surface area contributed by atoms with Crippen molar-refractivity contribution in [3.8, 4) is 0 Å². The summed E-state index contributed by atoms with van der Waals surface area (Å²) in [4.78, 5) is 4.40. The normalized spacial score (nSPS) is 12.6. The lowest BCUT2D eigenvalue weighted by molar-refractivity contribution is 0.586. The highest BCUT2D eigenvalue weighted by Gasteiger charge is 2.17. The summed E-state index contributed by atoms with van der Waals surface area (Å²) in [6.45, 7) is 9.18. The van der Waals surface area contributed by atoms with E-state index < -0.39 is 9.84 Å². The van der Waals surface area contributed by atoms with Gasteiger partial charge in [0.1, 0.15) is 0 Å². The lowest BCUT2D eigenvalue weighted by atomic mass is 9.87. The largest absolute Gasteiger partial charge is 0.370 e. The average Bonchev–Trinajstić information content (AvgIpc) is 2.44. The predicted molar refractivity (Wildman–Crippen MR) is 107 cm³/mol. The van der Waals surface area contributed by atoms with Gasteiger partial charge in [0, 0.05) is 13.1 Å². The molecular formula is C16H28IN3O2S. The first-order valence-corrected chi connectivity index (χ1v) is 9.19. The first-order valence-electron chi connectivity index (χ1n) is 7.54. The molecule has 0 aliphatic carbocycles. The molecule has 0 atom stereocenters. The van der Waals surface area contributed by atoms with Gasteiger partial charge in [0.05, 0.1) is 10.6 Å². The van der Waals surface area contributed by atoms with Gasteiger partial charge >= 0.3 is 0 Å². The van der Waals surface area contributed by atoms with Crippen molar-refractivity contribution in [2.45, 2.75) is 44.4 Å². The summed E-state index contributed by atoms with van der Waals surface area (Å²) in [7, 11) is -3.31. The van der Waals surface area contributed by atoms with Gasteiger partial charge in [0.15, 0.2) is 15.8 Å². The lowest BCUT2D eigenvalue weighted by Gasteiger charge is -2.19. The number of benzene rings is 1. The van der Waals surface area contributed by atoms with Crippen LogP contribution in [0.3, 0.4) is 0 Å². The SMILES string of the molecule is CCCN=C(N)NCCS(=O)(=O)c1ccc(C(C)(C)C)cc1.I. The molecule has 7 heteroatoms. The summed E-state index contributed by atoms with van der Waals surface area (Å²) < 4.78 is 24.5. The van der Waals surface area contributed by atoms with Gasteiger partial charge in [-0.05, 0) is 29.5 Å². The molecular weight excluding hydrogens is 425 g/mol. The van der Waals surface area contributed by atoms with Crippen LogP contribution in [0.1, 0.15) is 39.7 Å². The standard InChI is InChI=1S/C16H27N3O2S.HI/c1-5-10-18-15(17)19-11-12-22(20,21)14-8-6-13(7-9-14)16(2,3)4;/h6-9H,5,10-12H2,1-4H3,(H3,17,18,19);1H. The van der Waals surface area contributed by atoms with Crippen LogP contribution in [0.5, 0.6) is 0 Å². The van der Waals surface area contributed by atoms with Crippen LogP contribution in [0.4, 0.5) is 0 Å². The first kappa shape index (κ1) is 22.2. The zero-order valence-corrected chi connectivity index (χ0v) is 17.4. The van der Waals surface area contributed by atoms with Crippen molar-refractivity contribution in [2.24, 2.45) is 10.7 Å². The molecule has 0 aliphatic heterocycles. The summed E-state index contributed by atoms with van der Waals surface area (Å²) in [6, 6.07) is 7.09. The number of nitrogens with two attached hydrogens (primary N) is 1. The summed E-state index contributed by atoms with van der Waals surface area (Å²) in [6.07, 6.45) is 0.904. The molecule has 132 valence electrons. The summed E-state index contributed by atoms with van der Waals surface area (Å²) in [5.74, 6) is 0.282. The second kappa shape index (κ2) is 9.46. The highest BCUT2D eigenvalue weighted by atomic mass is 127. The Morgan fingerprint density at radius 2 is 1.78 bits per heavy atom. The molecule has 0 bridgehead atoms. The van der Waals surface area contributed by atoms with Crippen LogP contribution in [0.2, 0.25) is 0 Å². The smallest absolute Gasteiger partial charge is 0.188 e. The van der Waals surface area contributed by atoms with Crippen molar-refractivity contribution in [1.82, 2.24) is 5.32 Å². The van der Waals surface area contributed by atoms with Crippen LogP contribution in [-0.2, 0) is 15.3 Å². The second-order valence-corrected chi connectivity index (χ2v) is 8.40. The molecule has 0 spiro atoms. The third kappa shape index (κ3) is 7.52. The number of hydrogen-bond donors (Lipinski definition) is 2. The number of halogens is 1. The first-order chi connectivity index (χ1) is 10.2. The number of aliphatic imine (C=N–C) groups is 1. The number of rotatable bonds is 6. The molecule has 0 aromatic heterocycles. The van der Waals surface area contributed by atoms with E-state index in [1.165, 1.54) is 0 Å². The molecule has 0 fully saturated rings. The van der Waals surface area contributed by atoms with Crippen LogP contribution < -0.4 is 11.1 Å². The second-order valence-electron chi connectivity index (χ2n) is 6.29. The minimum Gasteiger partial charge on any atom is -0.370 e. The number of nitrogens with zero attached hydrogens (tertiary/aromatic N) is 1. The molecule has 0 saturated heterocycles. The zero-order chi connectivity index (χ0) is 16.8. The molecule has 0 amide bonds. The molecule has 5 nitrogen and oxygen atoms in total. The summed E-state index contributed by atoms with van der Waals surface area (Å²) in [5.41, 5.74) is 6.76. The summed E-state index contributed by atoms with van der Waals surface area (Å²) in [5, 5.41) is 2.83. The average molecular weight is 453 g/mol. The molecule has 0 saturated carbocycles. The minimum atomic E-state index is -3.31. The predicted octanol–water partition coefficient (Wildman–Crippen LogP) is 2.69. The Balaban J connectivity index is 0.00000484. The highest BCUT2D eigenvalue weighted by Crippen LogP contribution is 2.23. The van der Waals surface area contributed by atoms with Crippen molar-refractivity contribution >= 4 is 39.8 Å². The Kier molecular flexibility index (Phi) is 9.12. The fourth-order valence-corrected chi connectivity index (χ4v) is 3.04. The molecule has 1 aromatic rings. The van der Waals surface area contributed by atoms with Crippen LogP contribution in [0.25, 0.3) is 0 Å². The van der Waals surface area contributed by atoms with Crippen LogP contribution in [-0.4, -0.2) is 33.2 Å². The maximum absolute atomic E-state index is 12.3.